The van der Waals surface area contributed by atoms with Crippen molar-refractivity contribution in [2.45, 2.75) is 12.4 Å². The molecule has 0 unspecified atom stereocenters. The normalized spacial score (nSPS) is 15.4. The molecule has 3 aromatic rings. The van der Waals surface area contributed by atoms with Crippen LogP contribution in [-0.4, -0.2) is 17.5 Å². The van der Waals surface area contributed by atoms with E-state index in [1.165, 1.54) is 24.3 Å². The van der Waals surface area contributed by atoms with Crippen LogP contribution in [-0.2, 0) is 12.4 Å². The number of benzene rings is 3. The van der Waals surface area contributed by atoms with Crippen LogP contribution in [0.2, 0.25) is 0 Å². The summed E-state index contributed by atoms with van der Waals surface area (Å²) in [7, 11) is 0. The minimum Gasteiger partial charge on any atom is -0.337 e. The Morgan fingerprint density at radius 1 is 0.667 bits per heavy atom. The van der Waals surface area contributed by atoms with Crippen molar-refractivity contribution in [1.82, 2.24) is 0 Å². The summed E-state index contributed by atoms with van der Waals surface area (Å²) in [5, 5.41) is 2.78. The molecule has 0 bridgehead atoms. The Kier molecular flexibility index (Phi) is 5.75. The van der Waals surface area contributed by atoms with E-state index in [0.717, 1.165) is 24.3 Å². The Hall–Kier alpha value is -3.95. The van der Waals surface area contributed by atoms with Crippen molar-refractivity contribution in [3.05, 3.63) is 95.6 Å². The minimum atomic E-state index is -4.53. The highest BCUT2D eigenvalue weighted by Crippen LogP contribution is 2.32. The van der Waals surface area contributed by atoms with E-state index in [9.17, 15) is 26.3 Å². The van der Waals surface area contributed by atoms with E-state index in [2.05, 4.69) is 20.3 Å². The topological polar surface area (TPSA) is 49.1 Å². The maximum atomic E-state index is 13.1. The number of aliphatic imine (C=N–C) groups is 3. The molecule has 0 aliphatic carbocycles. The maximum absolute atomic E-state index is 13.1. The molecule has 4 nitrogen and oxygen atoms in total. The van der Waals surface area contributed by atoms with Gasteiger partial charge in [-0.1, -0.05) is 36.4 Å². The Bertz CT molecular complexity index is 1240. The molecule has 4 rings (SSSR count). The summed E-state index contributed by atoms with van der Waals surface area (Å²) in [6.07, 6.45) is -9.02. The summed E-state index contributed by atoms with van der Waals surface area (Å²) in [6, 6.07) is 17.4. The summed E-state index contributed by atoms with van der Waals surface area (Å²) >= 11 is 0. The van der Waals surface area contributed by atoms with Crippen molar-refractivity contribution in [3.8, 4) is 0 Å². The fraction of sp³-hybridized carbons (Fsp3) is 0.0870. The van der Waals surface area contributed by atoms with E-state index in [-0.39, 0.29) is 28.9 Å². The predicted octanol–water partition coefficient (Wildman–Crippen LogP) is 6.73. The highest BCUT2D eigenvalue weighted by molar-refractivity contribution is 6.51. The monoisotopic (exact) mass is 460 g/mol. The van der Waals surface area contributed by atoms with E-state index in [1.807, 2.05) is 0 Å². The van der Waals surface area contributed by atoms with Crippen molar-refractivity contribution in [3.63, 3.8) is 0 Å². The Labute approximate surface area is 184 Å². The Morgan fingerprint density at radius 2 is 1.33 bits per heavy atom. The summed E-state index contributed by atoms with van der Waals surface area (Å²) in [4.78, 5) is 12.9. The van der Waals surface area contributed by atoms with Gasteiger partial charge in [-0.2, -0.15) is 26.3 Å². The molecule has 3 aromatic carbocycles. The van der Waals surface area contributed by atoms with Crippen LogP contribution in [0.15, 0.2) is 93.8 Å². The summed E-state index contributed by atoms with van der Waals surface area (Å²) in [5.41, 5.74) is -0.764. The zero-order chi connectivity index (χ0) is 23.6. The van der Waals surface area contributed by atoms with Gasteiger partial charge >= 0.3 is 12.4 Å². The van der Waals surface area contributed by atoms with Crippen molar-refractivity contribution >= 4 is 28.9 Å². The Morgan fingerprint density at radius 3 is 1.97 bits per heavy atom. The molecule has 1 N–H and O–H groups in total. The lowest BCUT2D eigenvalue weighted by molar-refractivity contribution is -0.138. The van der Waals surface area contributed by atoms with Crippen LogP contribution in [0.1, 0.15) is 16.7 Å². The van der Waals surface area contributed by atoms with E-state index in [0.29, 0.717) is 5.56 Å². The second-order valence-electron chi connectivity index (χ2n) is 6.95. The van der Waals surface area contributed by atoms with Crippen LogP contribution >= 0.6 is 0 Å². The van der Waals surface area contributed by atoms with Gasteiger partial charge in [0.05, 0.1) is 16.8 Å². The van der Waals surface area contributed by atoms with E-state index >= 15 is 0 Å². The van der Waals surface area contributed by atoms with E-state index in [4.69, 9.17) is 0 Å². The molecule has 0 fully saturated rings. The third-order valence-electron chi connectivity index (χ3n) is 4.56. The van der Waals surface area contributed by atoms with Crippen LogP contribution in [0.3, 0.4) is 0 Å². The molecule has 1 aliphatic heterocycles. The second kappa shape index (κ2) is 8.53. The van der Waals surface area contributed by atoms with E-state index < -0.39 is 23.5 Å². The van der Waals surface area contributed by atoms with Crippen molar-refractivity contribution in [2.75, 3.05) is 5.32 Å². The van der Waals surface area contributed by atoms with Gasteiger partial charge in [0.25, 0.3) is 0 Å². The molecule has 10 heteroatoms. The number of rotatable bonds is 3. The van der Waals surface area contributed by atoms with Gasteiger partial charge < -0.3 is 5.32 Å². The number of alkyl halides is 6. The number of hydrogen-bond acceptors (Lipinski definition) is 3. The molecule has 0 spiro atoms. The summed E-state index contributed by atoms with van der Waals surface area (Å²) < 4.78 is 77.6. The van der Waals surface area contributed by atoms with Crippen molar-refractivity contribution < 1.29 is 26.3 Å². The predicted molar refractivity (Wildman–Crippen MR) is 114 cm³/mol. The van der Waals surface area contributed by atoms with Gasteiger partial charge in [0.2, 0.25) is 0 Å². The molecule has 0 aromatic heterocycles. The molecular weight excluding hydrogens is 446 g/mol. The lowest BCUT2D eigenvalue weighted by Gasteiger charge is -2.10. The minimum absolute atomic E-state index is 0.0195. The highest BCUT2D eigenvalue weighted by Gasteiger charge is 2.31. The van der Waals surface area contributed by atoms with Gasteiger partial charge in [-0.15, -0.1) is 0 Å². The number of halogens is 6. The van der Waals surface area contributed by atoms with Crippen LogP contribution in [0.4, 0.5) is 37.7 Å². The fourth-order valence-electron chi connectivity index (χ4n) is 2.97. The summed E-state index contributed by atoms with van der Waals surface area (Å²) in [6.45, 7) is 0. The molecule has 1 aliphatic rings. The van der Waals surface area contributed by atoms with Crippen LogP contribution in [0, 0.1) is 0 Å². The van der Waals surface area contributed by atoms with E-state index in [1.54, 1.807) is 30.3 Å². The highest BCUT2D eigenvalue weighted by atomic mass is 19.4. The number of anilines is 1. The number of hydrogen-bond donors (Lipinski definition) is 1. The van der Waals surface area contributed by atoms with Crippen molar-refractivity contribution in [2.24, 2.45) is 15.0 Å². The Balaban J connectivity index is 1.70. The SMILES string of the molecule is FC(F)(F)c1ccc(N=C2N=C(c3ccccc3)N=C2Nc2cccc(C(F)(F)F)c2)cc1. The number of amidine groups is 3. The van der Waals surface area contributed by atoms with Crippen LogP contribution in [0.5, 0.6) is 0 Å². The quantitative estimate of drug-likeness (QED) is 0.433. The molecule has 0 radical (unpaired) electrons. The second-order valence-corrected chi connectivity index (χ2v) is 6.95. The van der Waals surface area contributed by atoms with Gasteiger partial charge in [-0.25, -0.2) is 15.0 Å². The molecule has 1 heterocycles. The first-order valence-corrected chi connectivity index (χ1v) is 9.53. The first-order valence-electron chi connectivity index (χ1n) is 9.53. The van der Waals surface area contributed by atoms with Gasteiger partial charge in [-0.3, -0.25) is 0 Å². The van der Waals surface area contributed by atoms with Crippen LogP contribution < -0.4 is 5.32 Å². The number of nitrogens with zero attached hydrogens (tertiary/aromatic N) is 3. The first kappa shape index (κ1) is 22.3. The first-order chi connectivity index (χ1) is 15.6. The standard InChI is InChI=1S/C23H14F6N4/c24-22(25,26)15-9-11-17(12-10-15)30-20-21(33-19(32-20)14-5-2-1-3-6-14)31-18-8-4-7-16(13-18)23(27,28)29/h1-13H,(H,30,31,32,33). The average molecular weight is 460 g/mol. The fourth-order valence-corrected chi connectivity index (χ4v) is 2.97. The number of nitrogens with one attached hydrogen (secondary N) is 1. The van der Waals surface area contributed by atoms with Gasteiger partial charge in [0, 0.05) is 11.3 Å². The van der Waals surface area contributed by atoms with Gasteiger partial charge in [0.15, 0.2) is 17.5 Å². The third-order valence-corrected chi connectivity index (χ3v) is 4.56. The van der Waals surface area contributed by atoms with Gasteiger partial charge in [0.1, 0.15) is 0 Å². The maximum Gasteiger partial charge on any atom is 0.416 e. The molecular formula is C23H14F6N4. The smallest absolute Gasteiger partial charge is 0.337 e. The largest absolute Gasteiger partial charge is 0.416 e. The van der Waals surface area contributed by atoms with Crippen LogP contribution in [0.25, 0.3) is 0 Å². The van der Waals surface area contributed by atoms with Gasteiger partial charge in [-0.05, 0) is 42.5 Å². The molecule has 0 amide bonds. The lowest BCUT2D eigenvalue weighted by Crippen LogP contribution is -2.19. The summed E-state index contributed by atoms with van der Waals surface area (Å²) in [5.74, 6) is 0.342. The van der Waals surface area contributed by atoms with Crippen molar-refractivity contribution in [1.29, 1.82) is 0 Å². The third kappa shape index (κ3) is 5.28. The molecule has 0 atom stereocenters. The molecule has 168 valence electrons. The average Bonchev–Trinajstić information content (AvgIpc) is 3.16. The molecule has 0 saturated heterocycles. The lowest BCUT2D eigenvalue weighted by atomic mass is 10.2. The zero-order valence-electron chi connectivity index (χ0n) is 16.6. The molecule has 0 saturated carbocycles. The molecule has 33 heavy (non-hydrogen) atoms. The zero-order valence-corrected chi connectivity index (χ0v) is 16.6.